The molecule has 0 unspecified atom stereocenters. The monoisotopic (exact) mass is 135 g/mol. The topological polar surface area (TPSA) is 32.6 Å². The van der Waals surface area contributed by atoms with Crippen molar-refractivity contribution in [3.8, 4) is 0 Å². The number of oxime groups is 1. The maximum atomic E-state index is 8.02. The van der Waals surface area contributed by atoms with E-state index in [2.05, 4.69) is 12.1 Å². The van der Waals surface area contributed by atoms with Gasteiger partial charge >= 0.3 is 0 Å². The van der Waals surface area contributed by atoms with Gasteiger partial charge in [0.2, 0.25) is 0 Å². The molecule has 0 amide bonds. The van der Waals surface area contributed by atoms with E-state index in [4.69, 9.17) is 16.8 Å². The van der Waals surface area contributed by atoms with E-state index in [0.29, 0.717) is 11.6 Å². The summed E-state index contributed by atoms with van der Waals surface area (Å²) in [5.74, 6) is 0. The molecule has 0 heterocycles. The first kappa shape index (κ1) is 7.76. The molecule has 8 heavy (non-hydrogen) atoms. The van der Waals surface area contributed by atoms with Gasteiger partial charge in [-0.3, -0.25) is 0 Å². The van der Waals surface area contributed by atoms with Crippen LogP contribution in [0, 0.1) is 0 Å². The molecule has 0 radical (unpaired) electrons. The molecule has 2 nitrogen and oxygen atoms in total. The van der Waals surface area contributed by atoms with Crippen LogP contribution in [0.25, 0.3) is 0 Å². The third-order valence-corrected chi connectivity index (χ3v) is 1.11. The average Bonchev–Trinajstić information content (AvgIpc) is 1.83. The minimum atomic E-state index is 0.298. The molecule has 3 heteroatoms. The third-order valence-electron chi connectivity index (χ3n) is 0.845. The number of hydrogen-bond acceptors (Lipinski definition) is 2. The molecular weight excluding hydrogens is 126 g/mol. The maximum absolute atomic E-state index is 8.02. The summed E-state index contributed by atoms with van der Waals surface area (Å²) in [5, 5.41) is 11.1. The van der Waals surface area contributed by atoms with Crippen LogP contribution in [0.5, 0.6) is 0 Å². The lowest BCUT2D eigenvalue weighted by Crippen LogP contribution is -1.84. The highest BCUT2D eigenvalue weighted by molar-refractivity contribution is 6.65. The van der Waals surface area contributed by atoms with Crippen molar-refractivity contribution in [2.45, 2.75) is 26.2 Å². The van der Waals surface area contributed by atoms with Gasteiger partial charge in [0.05, 0.1) is 0 Å². The number of rotatable bonds is 3. The van der Waals surface area contributed by atoms with Gasteiger partial charge in [-0.1, -0.05) is 30.1 Å². The Bertz CT molecular complexity index is 82.5. The van der Waals surface area contributed by atoms with Crippen LogP contribution >= 0.6 is 11.6 Å². The molecule has 0 fully saturated rings. The molecule has 0 saturated carbocycles. The highest BCUT2D eigenvalue weighted by atomic mass is 35.5. The fourth-order valence-electron chi connectivity index (χ4n) is 0.373. The van der Waals surface area contributed by atoms with Gasteiger partial charge in [0.1, 0.15) is 5.17 Å². The maximum Gasteiger partial charge on any atom is 0.145 e. The largest absolute Gasteiger partial charge is 0.410 e. The quantitative estimate of drug-likeness (QED) is 0.359. The lowest BCUT2D eigenvalue weighted by molar-refractivity contribution is 0.319. The molecule has 0 aromatic rings. The molecule has 0 bridgehead atoms. The SMILES string of the molecule is CCCC/C(Cl)=N/O. The van der Waals surface area contributed by atoms with Crippen molar-refractivity contribution in [2.24, 2.45) is 5.16 Å². The molecule has 0 rings (SSSR count). The van der Waals surface area contributed by atoms with Crippen LogP contribution in [0.15, 0.2) is 5.16 Å². The Labute approximate surface area is 54.1 Å². The third kappa shape index (κ3) is 3.93. The summed E-state index contributed by atoms with van der Waals surface area (Å²) in [6.07, 6.45) is 2.75. The van der Waals surface area contributed by atoms with Gasteiger partial charge in [-0.05, 0) is 6.42 Å². The Hall–Kier alpha value is -0.240. The number of hydrogen-bond donors (Lipinski definition) is 1. The Kier molecular flexibility index (Phi) is 4.76. The van der Waals surface area contributed by atoms with Crippen LogP contribution in [-0.4, -0.2) is 10.4 Å². The Morgan fingerprint density at radius 3 is 2.75 bits per heavy atom. The summed E-state index contributed by atoms with van der Waals surface area (Å²) in [5.41, 5.74) is 0. The number of halogens is 1. The van der Waals surface area contributed by atoms with Crippen LogP contribution in [-0.2, 0) is 0 Å². The van der Waals surface area contributed by atoms with Crippen LogP contribution in [0.1, 0.15) is 26.2 Å². The minimum Gasteiger partial charge on any atom is -0.410 e. The summed E-state index contributed by atoms with van der Waals surface area (Å²) >= 11 is 5.34. The Balaban J connectivity index is 3.12. The molecule has 0 aliphatic carbocycles. The molecule has 0 aromatic carbocycles. The Morgan fingerprint density at radius 2 is 2.38 bits per heavy atom. The first-order chi connectivity index (χ1) is 3.81. The summed E-state index contributed by atoms with van der Waals surface area (Å²) in [6, 6.07) is 0. The molecule has 48 valence electrons. The lowest BCUT2D eigenvalue weighted by Gasteiger charge is -1.89. The number of nitrogens with zero attached hydrogens (tertiary/aromatic N) is 1. The van der Waals surface area contributed by atoms with Crippen LogP contribution < -0.4 is 0 Å². The zero-order valence-electron chi connectivity index (χ0n) is 4.89. The van der Waals surface area contributed by atoms with E-state index in [1.165, 1.54) is 0 Å². The van der Waals surface area contributed by atoms with Crippen molar-refractivity contribution < 1.29 is 5.21 Å². The van der Waals surface area contributed by atoms with Crippen molar-refractivity contribution in [2.75, 3.05) is 0 Å². The van der Waals surface area contributed by atoms with Crippen molar-refractivity contribution in [1.29, 1.82) is 0 Å². The van der Waals surface area contributed by atoms with Crippen LogP contribution in [0.2, 0.25) is 0 Å². The fourth-order valence-corrected chi connectivity index (χ4v) is 0.506. The first-order valence-electron chi connectivity index (χ1n) is 2.67. The van der Waals surface area contributed by atoms with E-state index in [9.17, 15) is 0 Å². The van der Waals surface area contributed by atoms with Gasteiger partial charge in [0, 0.05) is 6.42 Å². The van der Waals surface area contributed by atoms with E-state index in [-0.39, 0.29) is 0 Å². The highest BCUT2D eigenvalue weighted by Crippen LogP contribution is 1.98. The summed E-state index contributed by atoms with van der Waals surface area (Å²) < 4.78 is 0. The van der Waals surface area contributed by atoms with Crippen LogP contribution in [0.3, 0.4) is 0 Å². The lowest BCUT2D eigenvalue weighted by atomic mass is 10.3. The summed E-state index contributed by atoms with van der Waals surface area (Å²) in [6.45, 7) is 2.06. The molecule has 0 atom stereocenters. The highest BCUT2D eigenvalue weighted by Gasteiger charge is 1.90. The summed E-state index contributed by atoms with van der Waals surface area (Å²) in [7, 11) is 0. The van der Waals surface area contributed by atoms with Gasteiger partial charge in [-0.15, -0.1) is 0 Å². The summed E-state index contributed by atoms with van der Waals surface area (Å²) in [4.78, 5) is 0. The van der Waals surface area contributed by atoms with E-state index in [1.54, 1.807) is 0 Å². The molecular formula is C5H10ClNO. The van der Waals surface area contributed by atoms with Crippen molar-refractivity contribution in [3.63, 3.8) is 0 Å². The fraction of sp³-hybridized carbons (Fsp3) is 0.800. The van der Waals surface area contributed by atoms with Crippen molar-refractivity contribution in [3.05, 3.63) is 0 Å². The van der Waals surface area contributed by atoms with Gasteiger partial charge in [-0.2, -0.15) is 0 Å². The van der Waals surface area contributed by atoms with Crippen molar-refractivity contribution >= 4 is 16.8 Å². The molecule has 1 N–H and O–H groups in total. The minimum absolute atomic E-state index is 0.298. The second-order valence-electron chi connectivity index (χ2n) is 1.58. The zero-order valence-corrected chi connectivity index (χ0v) is 5.65. The van der Waals surface area contributed by atoms with Gasteiger partial charge in [0.25, 0.3) is 0 Å². The van der Waals surface area contributed by atoms with Gasteiger partial charge in [-0.25, -0.2) is 0 Å². The predicted molar refractivity (Wildman–Crippen MR) is 34.6 cm³/mol. The number of unbranched alkanes of at least 4 members (excludes halogenated alkanes) is 1. The van der Waals surface area contributed by atoms with E-state index < -0.39 is 0 Å². The van der Waals surface area contributed by atoms with Crippen molar-refractivity contribution in [1.82, 2.24) is 0 Å². The molecule has 0 aliphatic heterocycles. The standard InChI is InChI=1S/C5H10ClNO/c1-2-3-4-5(6)7-8/h8H,2-4H2,1H3/b7-5-. The van der Waals surface area contributed by atoms with E-state index in [1.807, 2.05) is 0 Å². The van der Waals surface area contributed by atoms with Crippen LogP contribution in [0.4, 0.5) is 0 Å². The first-order valence-corrected chi connectivity index (χ1v) is 3.05. The molecule has 0 aliphatic rings. The zero-order chi connectivity index (χ0) is 6.41. The smallest absolute Gasteiger partial charge is 0.145 e. The molecule has 0 aromatic heterocycles. The van der Waals surface area contributed by atoms with Gasteiger partial charge < -0.3 is 5.21 Å². The molecule has 0 saturated heterocycles. The van der Waals surface area contributed by atoms with Gasteiger partial charge in [0.15, 0.2) is 0 Å². The second-order valence-corrected chi connectivity index (χ2v) is 2.02. The Morgan fingerprint density at radius 1 is 1.75 bits per heavy atom. The van der Waals surface area contributed by atoms with E-state index >= 15 is 0 Å². The average molecular weight is 136 g/mol. The second kappa shape index (κ2) is 4.91. The van der Waals surface area contributed by atoms with E-state index in [0.717, 1.165) is 12.8 Å². The molecule has 0 spiro atoms. The predicted octanol–water partition coefficient (Wildman–Crippen LogP) is 2.20. The normalized spacial score (nSPS) is 12.0.